The molecular weight excluding hydrogens is 285 g/mol. The predicted molar refractivity (Wildman–Crippen MR) is 47.0 cm³/mol. The molecule has 0 aliphatic rings. The Morgan fingerprint density at radius 3 is 2.13 bits per heavy atom. The van der Waals surface area contributed by atoms with Crippen molar-refractivity contribution in [3.05, 3.63) is 33.8 Å². The zero-order valence-electron chi connectivity index (χ0n) is 7.08. The maximum Gasteiger partial charge on any atom is 0.407 e. The molecule has 15 heavy (non-hydrogen) atoms. The summed E-state index contributed by atoms with van der Waals surface area (Å²) in [6.45, 7) is 0. The first kappa shape index (κ1) is 12.4. The van der Waals surface area contributed by atoms with Gasteiger partial charge in [-0.3, -0.25) is 0 Å². The minimum atomic E-state index is -4.80. The molecule has 1 aromatic rings. The standard InChI is InChI=1S/C8H5BrF5N/c9-4-2-5(10)3(1-6(4)11)7(15)8(12,13)14/h1-2,7H,15H2. The third kappa shape index (κ3) is 2.66. The van der Waals surface area contributed by atoms with Crippen LogP contribution in [0.2, 0.25) is 0 Å². The lowest BCUT2D eigenvalue weighted by atomic mass is 10.1. The molecule has 0 fully saturated rings. The van der Waals surface area contributed by atoms with E-state index in [9.17, 15) is 22.0 Å². The molecule has 0 aliphatic carbocycles. The van der Waals surface area contributed by atoms with Gasteiger partial charge in [-0.15, -0.1) is 0 Å². The monoisotopic (exact) mass is 289 g/mol. The normalized spacial score (nSPS) is 14.1. The highest BCUT2D eigenvalue weighted by atomic mass is 79.9. The van der Waals surface area contributed by atoms with E-state index in [0.29, 0.717) is 12.1 Å². The molecule has 1 rings (SSSR count). The lowest BCUT2D eigenvalue weighted by molar-refractivity contribution is -0.149. The number of benzene rings is 1. The zero-order chi connectivity index (χ0) is 11.8. The summed E-state index contributed by atoms with van der Waals surface area (Å²) in [7, 11) is 0. The highest BCUT2D eigenvalue weighted by Crippen LogP contribution is 2.33. The summed E-state index contributed by atoms with van der Waals surface area (Å²) < 4.78 is 62.0. The maximum absolute atomic E-state index is 13.0. The molecule has 0 amide bonds. The quantitative estimate of drug-likeness (QED) is 0.623. The van der Waals surface area contributed by atoms with Gasteiger partial charge >= 0.3 is 6.18 Å². The molecule has 0 aliphatic heterocycles. The average Bonchev–Trinajstić information content (AvgIpc) is 2.08. The van der Waals surface area contributed by atoms with E-state index in [2.05, 4.69) is 15.9 Å². The van der Waals surface area contributed by atoms with Crippen LogP contribution >= 0.6 is 15.9 Å². The van der Waals surface area contributed by atoms with Gasteiger partial charge in [0, 0.05) is 5.56 Å². The Morgan fingerprint density at radius 2 is 1.67 bits per heavy atom. The van der Waals surface area contributed by atoms with Gasteiger partial charge in [0.1, 0.15) is 17.7 Å². The Hall–Kier alpha value is -0.690. The van der Waals surface area contributed by atoms with Gasteiger partial charge in [-0.2, -0.15) is 13.2 Å². The number of rotatable bonds is 1. The van der Waals surface area contributed by atoms with Crippen LogP contribution in [0.1, 0.15) is 11.6 Å². The van der Waals surface area contributed by atoms with Crippen molar-refractivity contribution in [2.24, 2.45) is 5.73 Å². The number of hydrogen-bond acceptors (Lipinski definition) is 1. The van der Waals surface area contributed by atoms with E-state index in [-0.39, 0.29) is 4.47 Å². The fourth-order valence-electron chi connectivity index (χ4n) is 0.953. The van der Waals surface area contributed by atoms with Crippen LogP contribution < -0.4 is 5.73 Å². The predicted octanol–water partition coefficient (Wildman–Crippen LogP) is 3.29. The van der Waals surface area contributed by atoms with Crippen molar-refractivity contribution in [2.45, 2.75) is 12.2 Å². The highest BCUT2D eigenvalue weighted by Gasteiger charge is 2.39. The van der Waals surface area contributed by atoms with Crippen molar-refractivity contribution in [1.82, 2.24) is 0 Å². The molecule has 0 heterocycles. The molecular formula is C8H5BrF5N. The van der Waals surface area contributed by atoms with Gasteiger partial charge in [-0.1, -0.05) is 0 Å². The average molecular weight is 290 g/mol. The number of halogens is 6. The molecule has 0 radical (unpaired) electrons. The van der Waals surface area contributed by atoms with Crippen LogP contribution in [0.5, 0.6) is 0 Å². The number of nitrogens with two attached hydrogens (primary N) is 1. The van der Waals surface area contributed by atoms with Crippen LogP contribution in [0.15, 0.2) is 16.6 Å². The Kier molecular flexibility index (Phi) is 3.34. The molecule has 7 heteroatoms. The fraction of sp³-hybridized carbons (Fsp3) is 0.250. The SMILES string of the molecule is NC(c1cc(F)c(Br)cc1F)C(F)(F)F. The highest BCUT2D eigenvalue weighted by molar-refractivity contribution is 9.10. The largest absolute Gasteiger partial charge is 0.407 e. The van der Waals surface area contributed by atoms with E-state index >= 15 is 0 Å². The molecule has 0 aromatic heterocycles. The summed E-state index contributed by atoms with van der Waals surface area (Å²) in [6.07, 6.45) is -4.80. The summed E-state index contributed by atoms with van der Waals surface area (Å²) in [5.74, 6) is -2.20. The summed E-state index contributed by atoms with van der Waals surface area (Å²) in [5, 5.41) is 0. The molecule has 2 N–H and O–H groups in total. The Labute approximate surface area is 90.2 Å². The van der Waals surface area contributed by atoms with Crippen molar-refractivity contribution in [1.29, 1.82) is 0 Å². The first-order valence-corrected chi connectivity index (χ1v) is 4.49. The third-order valence-electron chi connectivity index (χ3n) is 1.73. The van der Waals surface area contributed by atoms with Crippen molar-refractivity contribution >= 4 is 15.9 Å². The second kappa shape index (κ2) is 4.05. The smallest absolute Gasteiger partial charge is 0.316 e. The fourth-order valence-corrected chi connectivity index (χ4v) is 1.27. The molecule has 1 unspecified atom stereocenters. The van der Waals surface area contributed by atoms with Gasteiger partial charge in [0.15, 0.2) is 0 Å². The molecule has 1 aromatic carbocycles. The summed E-state index contributed by atoms with van der Waals surface area (Å²) in [5.41, 5.74) is 3.83. The van der Waals surface area contributed by atoms with Gasteiger partial charge in [-0.05, 0) is 28.1 Å². The second-order valence-electron chi connectivity index (χ2n) is 2.81. The summed E-state index contributed by atoms with van der Waals surface area (Å²) >= 11 is 2.64. The van der Waals surface area contributed by atoms with Crippen molar-refractivity contribution in [3.8, 4) is 0 Å². The van der Waals surface area contributed by atoms with E-state index in [4.69, 9.17) is 5.73 Å². The third-order valence-corrected chi connectivity index (χ3v) is 2.34. The van der Waals surface area contributed by atoms with Crippen molar-refractivity contribution in [2.75, 3.05) is 0 Å². The van der Waals surface area contributed by atoms with Gasteiger partial charge in [0.2, 0.25) is 0 Å². The molecule has 84 valence electrons. The van der Waals surface area contributed by atoms with E-state index in [1.165, 1.54) is 0 Å². The first-order valence-electron chi connectivity index (χ1n) is 3.70. The minimum Gasteiger partial charge on any atom is -0.316 e. The van der Waals surface area contributed by atoms with Crippen molar-refractivity contribution in [3.63, 3.8) is 0 Å². The maximum atomic E-state index is 13.0. The van der Waals surface area contributed by atoms with Gasteiger partial charge in [0.05, 0.1) is 4.47 Å². The second-order valence-corrected chi connectivity index (χ2v) is 3.66. The van der Waals surface area contributed by atoms with Crippen LogP contribution in [0, 0.1) is 11.6 Å². The lowest BCUT2D eigenvalue weighted by Crippen LogP contribution is -2.29. The molecule has 0 saturated carbocycles. The van der Waals surface area contributed by atoms with Gasteiger partial charge in [-0.25, -0.2) is 8.78 Å². The summed E-state index contributed by atoms with van der Waals surface area (Å²) in [6, 6.07) is -1.49. The number of hydrogen-bond donors (Lipinski definition) is 1. The van der Waals surface area contributed by atoms with Crippen LogP contribution in [-0.4, -0.2) is 6.18 Å². The topological polar surface area (TPSA) is 26.0 Å². The molecule has 1 nitrogen and oxygen atoms in total. The Bertz CT molecular complexity index is 376. The van der Waals surface area contributed by atoms with E-state index < -0.39 is 29.4 Å². The minimum absolute atomic E-state index is 0.252. The Morgan fingerprint density at radius 1 is 1.13 bits per heavy atom. The van der Waals surface area contributed by atoms with Gasteiger partial charge in [0.25, 0.3) is 0 Å². The van der Waals surface area contributed by atoms with Crippen LogP contribution in [0.3, 0.4) is 0 Å². The van der Waals surface area contributed by atoms with Crippen LogP contribution in [0.4, 0.5) is 22.0 Å². The zero-order valence-corrected chi connectivity index (χ0v) is 8.66. The molecule has 0 bridgehead atoms. The van der Waals surface area contributed by atoms with E-state index in [1.807, 2.05) is 0 Å². The van der Waals surface area contributed by atoms with Gasteiger partial charge < -0.3 is 5.73 Å². The molecule has 0 spiro atoms. The molecule has 1 atom stereocenters. The van der Waals surface area contributed by atoms with Crippen LogP contribution in [-0.2, 0) is 0 Å². The Balaban J connectivity index is 3.21. The van der Waals surface area contributed by atoms with Crippen molar-refractivity contribution < 1.29 is 22.0 Å². The number of alkyl halides is 3. The van der Waals surface area contributed by atoms with Crippen LogP contribution in [0.25, 0.3) is 0 Å². The molecule has 0 saturated heterocycles. The lowest BCUT2D eigenvalue weighted by Gasteiger charge is -2.16. The van der Waals surface area contributed by atoms with E-state index in [0.717, 1.165) is 0 Å². The summed E-state index contributed by atoms with van der Waals surface area (Å²) in [4.78, 5) is 0. The first-order chi connectivity index (χ1) is 6.73. The van der Waals surface area contributed by atoms with E-state index in [1.54, 1.807) is 0 Å².